The van der Waals surface area contributed by atoms with Gasteiger partial charge in [-0.15, -0.1) is 0 Å². The third-order valence-corrected chi connectivity index (χ3v) is 6.03. The predicted molar refractivity (Wildman–Crippen MR) is 104 cm³/mol. The Hall–Kier alpha value is -1.26. The molecule has 1 saturated heterocycles. The van der Waals surface area contributed by atoms with Crippen LogP contribution < -0.4 is 0 Å². The van der Waals surface area contributed by atoms with Crippen molar-refractivity contribution in [2.75, 3.05) is 13.2 Å². The van der Waals surface area contributed by atoms with Gasteiger partial charge >= 0.3 is 0 Å². The molecule has 0 aromatic heterocycles. The number of allylic oxidation sites excluding steroid dienone is 1. The van der Waals surface area contributed by atoms with Crippen LogP contribution in [0.25, 0.3) is 0 Å². The number of hydrogen-bond donors (Lipinski definition) is 0. The lowest BCUT2D eigenvalue weighted by Crippen LogP contribution is -2.38. The van der Waals surface area contributed by atoms with Gasteiger partial charge in [0, 0.05) is 11.8 Å². The van der Waals surface area contributed by atoms with E-state index in [1.54, 1.807) is 0 Å². The maximum Gasteiger partial charge on any atom is 0.266 e. The number of hydrogen-bond acceptors (Lipinski definition) is 2. The van der Waals surface area contributed by atoms with E-state index in [4.69, 9.17) is 9.47 Å². The van der Waals surface area contributed by atoms with E-state index in [1.807, 2.05) is 0 Å². The normalized spacial score (nSPS) is 28.7. The summed E-state index contributed by atoms with van der Waals surface area (Å²) in [6, 6.07) is 8.54. The molecule has 4 heteroatoms. The molecule has 2 aliphatic rings. The SMILES string of the molecule is CCCC1COC(C2CCC(c3ccc(CCC=C(F)F)cc3)CC2)OC1. The minimum absolute atomic E-state index is 0.00890. The van der Waals surface area contributed by atoms with Crippen LogP contribution in [0.15, 0.2) is 36.4 Å². The summed E-state index contributed by atoms with van der Waals surface area (Å²) in [5.41, 5.74) is 2.49. The van der Waals surface area contributed by atoms with Crippen LogP contribution in [0.2, 0.25) is 0 Å². The molecule has 2 nitrogen and oxygen atoms in total. The lowest BCUT2D eigenvalue weighted by atomic mass is 9.78. The van der Waals surface area contributed by atoms with Gasteiger partial charge in [0.25, 0.3) is 6.08 Å². The molecule has 0 atom stereocenters. The smallest absolute Gasteiger partial charge is 0.266 e. The van der Waals surface area contributed by atoms with E-state index >= 15 is 0 Å². The Balaban J connectivity index is 1.43. The van der Waals surface area contributed by atoms with Gasteiger partial charge in [-0.3, -0.25) is 0 Å². The molecule has 1 aliphatic carbocycles. The largest absolute Gasteiger partial charge is 0.352 e. The standard InChI is InChI=1S/C23H32F2O2/c1-2-4-18-15-26-23(27-16-18)21-13-11-20(12-14-21)19-9-7-17(8-10-19)5-3-6-22(24)25/h6-10,18,20-21,23H,2-5,11-16H2,1H3. The third kappa shape index (κ3) is 6.11. The summed E-state index contributed by atoms with van der Waals surface area (Å²) < 4.78 is 36.2. The van der Waals surface area contributed by atoms with Gasteiger partial charge in [0.05, 0.1) is 13.2 Å². The lowest BCUT2D eigenvalue weighted by Gasteiger charge is -2.37. The summed E-state index contributed by atoms with van der Waals surface area (Å²) in [6.45, 7) is 3.91. The van der Waals surface area contributed by atoms with E-state index in [2.05, 4.69) is 31.2 Å². The second-order valence-corrected chi connectivity index (χ2v) is 8.08. The summed E-state index contributed by atoms with van der Waals surface area (Å²) in [6.07, 6.45) is 7.47. The Kier molecular flexibility index (Phi) is 7.83. The molecule has 1 aliphatic heterocycles. The fourth-order valence-electron chi connectivity index (χ4n) is 4.43. The summed E-state index contributed by atoms with van der Waals surface area (Å²) >= 11 is 0. The summed E-state index contributed by atoms with van der Waals surface area (Å²) in [5.74, 6) is 1.68. The Labute approximate surface area is 161 Å². The van der Waals surface area contributed by atoms with Crippen molar-refractivity contribution in [1.29, 1.82) is 0 Å². The fourth-order valence-corrected chi connectivity index (χ4v) is 4.43. The topological polar surface area (TPSA) is 18.5 Å². The van der Waals surface area contributed by atoms with Gasteiger partial charge in [-0.05, 0) is 68.1 Å². The van der Waals surface area contributed by atoms with Crippen molar-refractivity contribution in [3.8, 4) is 0 Å². The number of aryl methyl sites for hydroxylation is 1. The lowest BCUT2D eigenvalue weighted by molar-refractivity contribution is -0.229. The molecule has 3 rings (SSSR count). The molecule has 0 bridgehead atoms. The highest BCUT2D eigenvalue weighted by molar-refractivity contribution is 5.26. The second kappa shape index (κ2) is 10.3. The van der Waals surface area contributed by atoms with Crippen LogP contribution in [0.3, 0.4) is 0 Å². The molecule has 0 unspecified atom stereocenters. The Morgan fingerprint density at radius 2 is 1.70 bits per heavy atom. The van der Waals surface area contributed by atoms with Crippen molar-refractivity contribution in [3.05, 3.63) is 47.5 Å². The highest BCUT2D eigenvalue weighted by Crippen LogP contribution is 2.39. The van der Waals surface area contributed by atoms with Gasteiger partial charge in [-0.1, -0.05) is 37.6 Å². The van der Waals surface area contributed by atoms with Crippen LogP contribution in [0, 0.1) is 11.8 Å². The molecule has 2 fully saturated rings. The van der Waals surface area contributed by atoms with Gasteiger partial charge in [0.15, 0.2) is 6.29 Å². The summed E-state index contributed by atoms with van der Waals surface area (Å²) in [4.78, 5) is 0. The third-order valence-electron chi connectivity index (χ3n) is 6.03. The monoisotopic (exact) mass is 378 g/mol. The van der Waals surface area contributed by atoms with Gasteiger partial charge in [-0.25, -0.2) is 0 Å². The van der Waals surface area contributed by atoms with Crippen LogP contribution in [0.5, 0.6) is 0 Å². The highest BCUT2D eigenvalue weighted by Gasteiger charge is 2.32. The second-order valence-electron chi connectivity index (χ2n) is 8.08. The van der Waals surface area contributed by atoms with E-state index in [0.717, 1.165) is 37.7 Å². The summed E-state index contributed by atoms with van der Waals surface area (Å²) in [5, 5.41) is 0. The molecular weight excluding hydrogens is 346 g/mol. The molecule has 0 amide bonds. The number of benzene rings is 1. The van der Waals surface area contributed by atoms with Crippen molar-refractivity contribution in [3.63, 3.8) is 0 Å². The zero-order valence-corrected chi connectivity index (χ0v) is 16.3. The van der Waals surface area contributed by atoms with E-state index in [0.29, 0.717) is 30.6 Å². The van der Waals surface area contributed by atoms with E-state index < -0.39 is 6.08 Å². The molecule has 0 spiro atoms. The molecule has 1 aromatic carbocycles. The number of rotatable bonds is 7. The van der Waals surface area contributed by atoms with Gasteiger partial charge in [0.2, 0.25) is 0 Å². The molecule has 1 saturated carbocycles. The predicted octanol–water partition coefficient (Wildman–Crippen LogP) is 6.46. The first kappa shape index (κ1) is 20.5. The molecule has 1 aromatic rings. The van der Waals surface area contributed by atoms with E-state index in [9.17, 15) is 8.78 Å². The zero-order chi connectivity index (χ0) is 19.1. The van der Waals surface area contributed by atoms with Crippen molar-refractivity contribution in [1.82, 2.24) is 0 Å². The van der Waals surface area contributed by atoms with Gasteiger partial charge in [0.1, 0.15) is 0 Å². The first-order valence-corrected chi connectivity index (χ1v) is 10.5. The van der Waals surface area contributed by atoms with E-state index in [1.165, 1.54) is 31.2 Å². The Morgan fingerprint density at radius 3 is 2.30 bits per heavy atom. The first-order chi connectivity index (χ1) is 13.2. The maximum atomic E-state index is 12.1. The van der Waals surface area contributed by atoms with Crippen LogP contribution in [-0.2, 0) is 15.9 Å². The average molecular weight is 379 g/mol. The van der Waals surface area contributed by atoms with E-state index in [-0.39, 0.29) is 6.29 Å². The Bertz CT molecular complexity index is 579. The molecule has 0 N–H and O–H groups in total. The zero-order valence-electron chi connectivity index (χ0n) is 16.3. The van der Waals surface area contributed by atoms with Crippen molar-refractivity contribution < 1.29 is 18.3 Å². The van der Waals surface area contributed by atoms with Crippen LogP contribution in [-0.4, -0.2) is 19.5 Å². The molecular formula is C23H32F2O2. The van der Waals surface area contributed by atoms with Crippen molar-refractivity contribution in [2.24, 2.45) is 11.8 Å². The van der Waals surface area contributed by atoms with Crippen LogP contribution >= 0.6 is 0 Å². The number of halogens is 2. The highest BCUT2D eigenvalue weighted by atomic mass is 19.3. The number of ether oxygens (including phenoxy) is 2. The molecule has 27 heavy (non-hydrogen) atoms. The maximum absolute atomic E-state index is 12.1. The van der Waals surface area contributed by atoms with Crippen molar-refractivity contribution in [2.45, 2.75) is 70.5 Å². The molecule has 150 valence electrons. The minimum atomic E-state index is -1.59. The molecule has 1 heterocycles. The first-order valence-electron chi connectivity index (χ1n) is 10.5. The fraction of sp³-hybridized carbons (Fsp3) is 0.652. The minimum Gasteiger partial charge on any atom is -0.352 e. The van der Waals surface area contributed by atoms with Crippen LogP contribution in [0.1, 0.15) is 68.9 Å². The van der Waals surface area contributed by atoms with Gasteiger partial charge in [-0.2, -0.15) is 8.78 Å². The Morgan fingerprint density at radius 1 is 1.04 bits per heavy atom. The van der Waals surface area contributed by atoms with Crippen molar-refractivity contribution >= 4 is 0 Å². The quantitative estimate of drug-likeness (QED) is 0.542. The average Bonchev–Trinajstić information content (AvgIpc) is 2.69. The van der Waals surface area contributed by atoms with Gasteiger partial charge < -0.3 is 9.47 Å². The van der Waals surface area contributed by atoms with Crippen LogP contribution in [0.4, 0.5) is 8.78 Å². The molecule has 0 radical (unpaired) electrons. The summed E-state index contributed by atoms with van der Waals surface area (Å²) in [7, 11) is 0.